The number of para-hydroxylation sites is 1. The maximum atomic E-state index is 13.1. The molecule has 2 aromatic rings. The van der Waals surface area contributed by atoms with Crippen LogP contribution in [0.15, 0.2) is 24.3 Å². The fraction of sp³-hybridized carbons (Fsp3) is 0.524. The fourth-order valence-corrected chi connectivity index (χ4v) is 4.55. The van der Waals surface area contributed by atoms with Gasteiger partial charge < -0.3 is 9.88 Å². The van der Waals surface area contributed by atoms with Crippen molar-refractivity contribution in [2.75, 3.05) is 32.7 Å². The number of amides is 1. The number of aryl methyl sites for hydroxylation is 1. The smallest absolute Gasteiger partial charge is 0.225 e. The Labute approximate surface area is 153 Å². The first kappa shape index (κ1) is 16.1. The average Bonchev–Trinajstić information content (AvgIpc) is 3.44. The third-order valence-electron chi connectivity index (χ3n) is 6.23. The number of fused-ring (bicyclic) bond motifs is 3. The number of carbonyl (C=O) groups excluding carboxylic acids is 2. The molecule has 1 unspecified atom stereocenters. The van der Waals surface area contributed by atoms with Crippen molar-refractivity contribution in [3.05, 3.63) is 35.5 Å². The Morgan fingerprint density at radius 3 is 2.62 bits per heavy atom. The minimum Gasteiger partial charge on any atom is -0.358 e. The van der Waals surface area contributed by atoms with Gasteiger partial charge in [0.25, 0.3) is 0 Å². The second-order valence-corrected chi connectivity index (χ2v) is 8.02. The van der Waals surface area contributed by atoms with Gasteiger partial charge in [-0.25, -0.2) is 0 Å². The summed E-state index contributed by atoms with van der Waals surface area (Å²) in [4.78, 5) is 33.1. The van der Waals surface area contributed by atoms with Crippen LogP contribution in [0.25, 0.3) is 10.9 Å². The fourth-order valence-electron chi connectivity index (χ4n) is 4.55. The number of Topliss-reactive ketones (excluding diaryl/α,β-unsaturated/α-hetero) is 1. The highest BCUT2D eigenvalue weighted by molar-refractivity contribution is 6.11. The van der Waals surface area contributed by atoms with Crippen molar-refractivity contribution in [1.29, 1.82) is 0 Å². The first-order chi connectivity index (χ1) is 12.7. The molecular weight excluding hydrogens is 326 g/mol. The van der Waals surface area contributed by atoms with Gasteiger partial charge in [0, 0.05) is 66.7 Å². The zero-order chi connectivity index (χ0) is 17.7. The molecule has 1 atom stereocenters. The molecule has 5 rings (SSSR count). The molecule has 5 nitrogen and oxygen atoms in total. The highest BCUT2D eigenvalue weighted by Crippen LogP contribution is 2.33. The van der Waals surface area contributed by atoms with Gasteiger partial charge in [-0.2, -0.15) is 0 Å². The summed E-state index contributed by atoms with van der Waals surface area (Å²) in [5, 5.41) is 1.07. The van der Waals surface area contributed by atoms with Gasteiger partial charge in [0.2, 0.25) is 5.91 Å². The monoisotopic (exact) mass is 351 g/mol. The van der Waals surface area contributed by atoms with Crippen molar-refractivity contribution < 1.29 is 9.59 Å². The van der Waals surface area contributed by atoms with Crippen LogP contribution in [-0.2, 0) is 11.2 Å². The molecule has 3 aliphatic rings. The Bertz CT molecular complexity index is 859. The molecule has 1 saturated heterocycles. The number of hydrogen-bond acceptors (Lipinski definition) is 3. The molecule has 1 amide bonds. The molecule has 1 N–H and O–H groups in total. The molecule has 1 aliphatic heterocycles. The van der Waals surface area contributed by atoms with E-state index in [0.717, 1.165) is 80.6 Å². The van der Waals surface area contributed by atoms with E-state index in [-0.39, 0.29) is 5.92 Å². The Hall–Kier alpha value is -2.14. The first-order valence-corrected chi connectivity index (χ1v) is 9.85. The second kappa shape index (κ2) is 6.23. The highest BCUT2D eigenvalue weighted by Gasteiger charge is 2.36. The van der Waals surface area contributed by atoms with E-state index in [1.165, 1.54) is 0 Å². The van der Waals surface area contributed by atoms with Gasteiger partial charge in [-0.3, -0.25) is 14.5 Å². The van der Waals surface area contributed by atoms with Crippen molar-refractivity contribution in [3.63, 3.8) is 0 Å². The lowest BCUT2D eigenvalue weighted by Gasteiger charge is -2.37. The number of benzene rings is 1. The van der Waals surface area contributed by atoms with Crippen LogP contribution in [0.4, 0.5) is 0 Å². The molecule has 0 bridgehead atoms. The standard InChI is InChI=1S/C21H25N3O2/c25-20-15(7-8-18-19(20)16-3-1-2-4-17(16)22-18)13-23-9-11-24(12-10-23)21(26)14-5-6-14/h1-4,14-15,22H,5-13H2. The van der Waals surface area contributed by atoms with Gasteiger partial charge in [-0.15, -0.1) is 0 Å². The van der Waals surface area contributed by atoms with E-state index in [1.807, 2.05) is 29.2 Å². The number of piperazine rings is 1. The zero-order valence-corrected chi connectivity index (χ0v) is 15.0. The average molecular weight is 351 g/mol. The van der Waals surface area contributed by atoms with E-state index in [1.54, 1.807) is 0 Å². The van der Waals surface area contributed by atoms with Gasteiger partial charge in [0.05, 0.1) is 0 Å². The Morgan fingerprint density at radius 1 is 1.08 bits per heavy atom. The Kier molecular flexibility index (Phi) is 3.85. The molecule has 0 spiro atoms. The molecule has 1 aromatic carbocycles. The molecule has 0 radical (unpaired) electrons. The van der Waals surface area contributed by atoms with Crippen LogP contribution in [0.3, 0.4) is 0 Å². The van der Waals surface area contributed by atoms with E-state index in [9.17, 15) is 9.59 Å². The normalized spacial score (nSPS) is 24.1. The Balaban J connectivity index is 1.26. The summed E-state index contributed by atoms with van der Waals surface area (Å²) < 4.78 is 0. The number of hydrogen-bond donors (Lipinski definition) is 1. The van der Waals surface area contributed by atoms with Crippen LogP contribution >= 0.6 is 0 Å². The predicted octanol–water partition coefficient (Wildman–Crippen LogP) is 2.47. The quantitative estimate of drug-likeness (QED) is 0.924. The number of aromatic amines is 1. The third-order valence-corrected chi connectivity index (χ3v) is 6.23. The minimum absolute atomic E-state index is 0.0763. The molecule has 1 aromatic heterocycles. The summed E-state index contributed by atoms with van der Waals surface area (Å²) in [5.41, 5.74) is 3.09. The van der Waals surface area contributed by atoms with E-state index < -0.39 is 0 Å². The lowest BCUT2D eigenvalue weighted by molar-refractivity contribution is -0.134. The lowest BCUT2D eigenvalue weighted by atomic mass is 9.84. The summed E-state index contributed by atoms with van der Waals surface area (Å²) in [6.07, 6.45) is 4.01. The van der Waals surface area contributed by atoms with Gasteiger partial charge in [0.1, 0.15) is 0 Å². The molecule has 26 heavy (non-hydrogen) atoms. The molecule has 2 fully saturated rings. The SMILES string of the molecule is O=C1c2c([nH]c3ccccc23)CCC1CN1CCN(C(=O)C2CC2)CC1. The van der Waals surface area contributed by atoms with Gasteiger partial charge in [-0.1, -0.05) is 18.2 Å². The number of H-pyrrole nitrogens is 1. The second-order valence-electron chi connectivity index (χ2n) is 8.02. The van der Waals surface area contributed by atoms with Crippen molar-refractivity contribution >= 4 is 22.6 Å². The molecule has 136 valence electrons. The first-order valence-electron chi connectivity index (χ1n) is 9.85. The molecule has 2 aliphatic carbocycles. The van der Waals surface area contributed by atoms with Crippen LogP contribution in [0.1, 0.15) is 35.3 Å². The number of nitrogens with zero attached hydrogens (tertiary/aromatic N) is 2. The molecule has 2 heterocycles. The minimum atomic E-state index is 0.0763. The highest BCUT2D eigenvalue weighted by atomic mass is 16.2. The zero-order valence-electron chi connectivity index (χ0n) is 15.0. The van der Waals surface area contributed by atoms with E-state index in [2.05, 4.69) is 9.88 Å². The topological polar surface area (TPSA) is 56.4 Å². The number of nitrogens with one attached hydrogen (secondary N) is 1. The lowest BCUT2D eigenvalue weighted by Crippen LogP contribution is -2.51. The van der Waals surface area contributed by atoms with E-state index >= 15 is 0 Å². The summed E-state index contributed by atoms with van der Waals surface area (Å²) in [6.45, 7) is 4.23. The van der Waals surface area contributed by atoms with Crippen LogP contribution in [0.5, 0.6) is 0 Å². The Morgan fingerprint density at radius 2 is 1.85 bits per heavy atom. The summed E-state index contributed by atoms with van der Waals surface area (Å²) in [7, 11) is 0. The maximum Gasteiger partial charge on any atom is 0.225 e. The van der Waals surface area contributed by atoms with Crippen LogP contribution < -0.4 is 0 Å². The maximum absolute atomic E-state index is 13.1. The summed E-state index contributed by atoms with van der Waals surface area (Å²) >= 11 is 0. The molecule has 5 heteroatoms. The summed E-state index contributed by atoms with van der Waals surface area (Å²) in [6, 6.07) is 8.11. The summed E-state index contributed by atoms with van der Waals surface area (Å²) in [5.74, 6) is 1.02. The van der Waals surface area contributed by atoms with Crippen LogP contribution in [-0.4, -0.2) is 59.2 Å². The van der Waals surface area contributed by atoms with Gasteiger partial charge in [0.15, 0.2) is 5.78 Å². The molecular formula is C21H25N3O2. The predicted molar refractivity (Wildman–Crippen MR) is 100 cm³/mol. The van der Waals surface area contributed by atoms with Crippen LogP contribution in [0, 0.1) is 11.8 Å². The van der Waals surface area contributed by atoms with E-state index in [4.69, 9.17) is 0 Å². The largest absolute Gasteiger partial charge is 0.358 e. The van der Waals surface area contributed by atoms with Gasteiger partial charge in [-0.05, 0) is 31.7 Å². The number of carbonyl (C=O) groups is 2. The number of ketones is 1. The van der Waals surface area contributed by atoms with Crippen molar-refractivity contribution in [3.8, 4) is 0 Å². The van der Waals surface area contributed by atoms with Gasteiger partial charge >= 0.3 is 0 Å². The van der Waals surface area contributed by atoms with E-state index in [0.29, 0.717) is 17.6 Å². The number of rotatable bonds is 3. The van der Waals surface area contributed by atoms with Crippen LogP contribution in [0.2, 0.25) is 0 Å². The number of aromatic nitrogens is 1. The third kappa shape index (κ3) is 2.75. The van der Waals surface area contributed by atoms with Crippen molar-refractivity contribution in [2.24, 2.45) is 11.8 Å². The van der Waals surface area contributed by atoms with Crippen molar-refractivity contribution in [1.82, 2.24) is 14.8 Å². The van der Waals surface area contributed by atoms with Crippen molar-refractivity contribution in [2.45, 2.75) is 25.7 Å². The molecule has 1 saturated carbocycles.